The quantitative estimate of drug-likeness (QED) is 0.549. The molecule has 0 fully saturated rings. The van der Waals surface area contributed by atoms with Crippen molar-refractivity contribution in [3.63, 3.8) is 0 Å². The predicted octanol–water partition coefficient (Wildman–Crippen LogP) is -0.0500. The Kier molecular flexibility index (Phi) is 5.69. The number of hydrogen-bond donors (Lipinski definition) is 1. The van der Waals surface area contributed by atoms with Gasteiger partial charge < -0.3 is 15.2 Å². The third-order valence-electron chi connectivity index (χ3n) is 4.96. The van der Waals surface area contributed by atoms with Crippen LogP contribution in [0.5, 0.6) is 0 Å². The fraction of sp³-hybridized carbons (Fsp3) is 0.136. The van der Waals surface area contributed by atoms with Crippen LogP contribution in [0.4, 0.5) is 0 Å². The normalized spacial score (nSPS) is 16.0. The first-order valence-electron chi connectivity index (χ1n) is 9.42. The molecule has 0 amide bonds. The molecule has 9 nitrogen and oxygen atoms in total. The van der Waals surface area contributed by atoms with E-state index in [0.29, 0.717) is 15.7 Å². The number of carbonyl (C=O) groups excluding carboxylic acids is 2. The summed E-state index contributed by atoms with van der Waals surface area (Å²) in [5, 5.41) is 0. The number of aromatic nitrogens is 3. The lowest BCUT2D eigenvalue weighted by molar-refractivity contribution is -0.136. The Morgan fingerprint density at radius 2 is 1.72 bits per heavy atom. The van der Waals surface area contributed by atoms with Crippen LogP contribution in [0.25, 0.3) is 17.5 Å². The standard InChI is InChI=1S/C22H18N4O5S/c1-30-21(28)16-15(13-6-4-8-25-11-13)17(22(29)31-2)20-26(18(16)23)19(27)14(32-20)9-12-5-3-7-24-10-12/h3-11,15H,23H2,1-2H3/b14-9+. The first kappa shape index (κ1) is 21.2. The molecule has 0 aliphatic carbocycles. The van der Waals surface area contributed by atoms with Crippen molar-refractivity contribution in [3.05, 3.63) is 85.3 Å². The summed E-state index contributed by atoms with van der Waals surface area (Å²) in [5.41, 5.74) is 7.15. The highest BCUT2D eigenvalue weighted by atomic mass is 32.1. The zero-order valence-corrected chi connectivity index (χ0v) is 18.0. The molecule has 1 atom stereocenters. The number of esters is 2. The second-order valence-electron chi connectivity index (χ2n) is 6.76. The molecule has 4 rings (SSSR count). The number of rotatable bonds is 4. The van der Waals surface area contributed by atoms with Crippen LogP contribution < -0.4 is 20.5 Å². The maximum absolute atomic E-state index is 13.3. The molecule has 0 radical (unpaired) electrons. The Morgan fingerprint density at radius 3 is 2.31 bits per heavy atom. The fourth-order valence-corrected chi connectivity index (χ4v) is 4.72. The van der Waals surface area contributed by atoms with Gasteiger partial charge >= 0.3 is 11.9 Å². The molecule has 0 saturated heterocycles. The predicted molar refractivity (Wildman–Crippen MR) is 117 cm³/mol. The molecular weight excluding hydrogens is 432 g/mol. The van der Waals surface area contributed by atoms with Crippen molar-refractivity contribution in [2.24, 2.45) is 5.73 Å². The molecule has 0 bridgehead atoms. The SMILES string of the molecule is COC(=O)C1=C(N)n2c(s/c(=C/c3cccnc3)c2=O)=C(C(=O)OC)C1c1cccnc1. The summed E-state index contributed by atoms with van der Waals surface area (Å²) in [4.78, 5) is 47.1. The van der Waals surface area contributed by atoms with Crippen LogP contribution in [0.3, 0.4) is 0 Å². The zero-order valence-electron chi connectivity index (χ0n) is 17.1. The molecule has 2 N–H and O–H groups in total. The maximum Gasteiger partial charge on any atom is 0.338 e. The number of fused-ring (bicyclic) bond motifs is 1. The maximum atomic E-state index is 13.3. The second-order valence-corrected chi connectivity index (χ2v) is 7.79. The second kappa shape index (κ2) is 8.60. The molecule has 4 heterocycles. The molecule has 1 unspecified atom stereocenters. The number of nitrogens with two attached hydrogens (primary N) is 1. The third-order valence-corrected chi connectivity index (χ3v) is 6.07. The van der Waals surface area contributed by atoms with Gasteiger partial charge in [0, 0.05) is 24.8 Å². The molecule has 0 aromatic carbocycles. The summed E-state index contributed by atoms with van der Waals surface area (Å²) in [6, 6.07) is 6.91. The topological polar surface area (TPSA) is 126 Å². The molecule has 3 aromatic rings. The minimum Gasteiger partial charge on any atom is -0.466 e. The lowest BCUT2D eigenvalue weighted by Crippen LogP contribution is -2.41. The minimum absolute atomic E-state index is 0.0405. The number of ether oxygens (including phenoxy) is 2. The average Bonchev–Trinajstić information content (AvgIpc) is 3.15. The Balaban J connectivity index is 2.14. The Morgan fingerprint density at radius 1 is 1.06 bits per heavy atom. The average molecular weight is 450 g/mol. The highest BCUT2D eigenvalue weighted by molar-refractivity contribution is 7.07. The molecule has 1 aliphatic rings. The van der Waals surface area contributed by atoms with Crippen molar-refractivity contribution < 1.29 is 19.1 Å². The number of thiazole rings is 1. The van der Waals surface area contributed by atoms with E-state index in [1.165, 1.54) is 20.4 Å². The van der Waals surface area contributed by atoms with Crippen molar-refractivity contribution in [3.8, 4) is 0 Å². The molecule has 10 heteroatoms. The van der Waals surface area contributed by atoms with Gasteiger partial charge in [0.05, 0.1) is 35.8 Å². The van der Waals surface area contributed by atoms with E-state index in [1.54, 1.807) is 48.9 Å². The molecular formula is C22H18N4O5S. The number of carbonyl (C=O) groups is 2. The van der Waals surface area contributed by atoms with E-state index in [1.807, 2.05) is 0 Å². The monoisotopic (exact) mass is 450 g/mol. The van der Waals surface area contributed by atoms with Gasteiger partial charge in [-0.3, -0.25) is 19.3 Å². The summed E-state index contributed by atoms with van der Waals surface area (Å²) in [5.74, 6) is -2.50. The van der Waals surface area contributed by atoms with Gasteiger partial charge in [0.25, 0.3) is 5.56 Å². The summed E-state index contributed by atoms with van der Waals surface area (Å²) < 4.78 is 11.7. The van der Waals surface area contributed by atoms with Crippen molar-refractivity contribution >= 4 is 40.7 Å². The van der Waals surface area contributed by atoms with Crippen LogP contribution in [-0.2, 0) is 19.1 Å². The van der Waals surface area contributed by atoms with Gasteiger partial charge in [0.2, 0.25) is 0 Å². The van der Waals surface area contributed by atoms with E-state index in [0.717, 1.165) is 15.9 Å². The van der Waals surface area contributed by atoms with Gasteiger partial charge in [-0.15, -0.1) is 11.3 Å². The first-order chi connectivity index (χ1) is 15.5. The summed E-state index contributed by atoms with van der Waals surface area (Å²) in [6.45, 7) is 0. The Labute approximate surface area is 185 Å². The van der Waals surface area contributed by atoms with Crippen LogP contribution in [0, 0.1) is 0 Å². The third kappa shape index (κ3) is 3.50. The molecule has 1 aliphatic heterocycles. The number of pyridine rings is 2. The van der Waals surface area contributed by atoms with Crippen molar-refractivity contribution in [1.82, 2.24) is 14.5 Å². The minimum atomic E-state index is -0.923. The van der Waals surface area contributed by atoms with Crippen LogP contribution >= 0.6 is 11.3 Å². The van der Waals surface area contributed by atoms with Crippen LogP contribution in [0.1, 0.15) is 17.0 Å². The summed E-state index contributed by atoms with van der Waals surface area (Å²) >= 11 is 1.07. The molecule has 0 spiro atoms. The summed E-state index contributed by atoms with van der Waals surface area (Å²) in [7, 11) is 2.43. The van der Waals surface area contributed by atoms with E-state index in [9.17, 15) is 14.4 Å². The molecule has 0 saturated carbocycles. The highest BCUT2D eigenvalue weighted by Crippen LogP contribution is 2.37. The van der Waals surface area contributed by atoms with Crippen LogP contribution in [0.2, 0.25) is 0 Å². The van der Waals surface area contributed by atoms with Gasteiger partial charge in [-0.05, 0) is 29.3 Å². The van der Waals surface area contributed by atoms with Gasteiger partial charge in [0.1, 0.15) is 10.5 Å². The Hall–Kier alpha value is -4.05. The smallest absolute Gasteiger partial charge is 0.338 e. The fourth-order valence-electron chi connectivity index (χ4n) is 3.56. The zero-order chi connectivity index (χ0) is 22.8. The number of nitrogens with zero attached hydrogens (tertiary/aromatic N) is 3. The number of methoxy groups -OCH3 is 2. The van der Waals surface area contributed by atoms with Gasteiger partial charge in [-0.2, -0.15) is 0 Å². The van der Waals surface area contributed by atoms with Gasteiger partial charge in [0.15, 0.2) is 0 Å². The van der Waals surface area contributed by atoms with E-state index in [-0.39, 0.29) is 21.6 Å². The van der Waals surface area contributed by atoms with Gasteiger partial charge in [-0.1, -0.05) is 12.1 Å². The highest BCUT2D eigenvalue weighted by Gasteiger charge is 2.39. The Bertz CT molecular complexity index is 1410. The van der Waals surface area contributed by atoms with Gasteiger partial charge in [-0.25, -0.2) is 9.59 Å². The van der Waals surface area contributed by atoms with Crippen molar-refractivity contribution in [1.29, 1.82) is 0 Å². The first-order valence-corrected chi connectivity index (χ1v) is 10.2. The van der Waals surface area contributed by atoms with E-state index < -0.39 is 23.4 Å². The largest absolute Gasteiger partial charge is 0.466 e. The lowest BCUT2D eigenvalue weighted by atomic mass is 9.84. The molecule has 3 aromatic heterocycles. The molecule has 162 valence electrons. The van der Waals surface area contributed by atoms with Crippen molar-refractivity contribution in [2.75, 3.05) is 14.2 Å². The van der Waals surface area contributed by atoms with E-state index in [2.05, 4.69) is 9.97 Å². The molecule has 32 heavy (non-hydrogen) atoms. The lowest BCUT2D eigenvalue weighted by Gasteiger charge is -2.26. The van der Waals surface area contributed by atoms with E-state index in [4.69, 9.17) is 15.2 Å². The summed E-state index contributed by atoms with van der Waals surface area (Å²) in [6.07, 6.45) is 7.95. The number of hydrogen-bond acceptors (Lipinski definition) is 9. The van der Waals surface area contributed by atoms with Crippen LogP contribution in [0.15, 0.2) is 59.4 Å². The van der Waals surface area contributed by atoms with Crippen LogP contribution in [-0.4, -0.2) is 40.7 Å². The van der Waals surface area contributed by atoms with Crippen molar-refractivity contribution in [2.45, 2.75) is 5.92 Å². The van der Waals surface area contributed by atoms with E-state index >= 15 is 0 Å².